The highest BCUT2D eigenvalue weighted by Gasteiger charge is 2.07. The van der Waals surface area contributed by atoms with Crippen LogP contribution < -0.4 is 10.1 Å². The maximum absolute atomic E-state index is 6.41. The normalized spacial score (nSPS) is 10.7. The van der Waals surface area contributed by atoms with Crippen LogP contribution in [0.2, 0.25) is 5.02 Å². The molecule has 0 atom stereocenters. The largest absolute Gasteiger partial charge is 0.487 e. The van der Waals surface area contributed by atoms with E-state index < -0.39 is 0 Å². The van der Waals surface area contributed by atoms with Gasteiger partial charge < -0.3 is 10.1 Å². The average molecular weight is 440 g/mol. The lowest BCUT2D eigenvalue weighted by molar-refractivity contribution is 0.306. The van der Waals surface area contributed by atoms with Gasteiger partial charge in [-0.05, 0) is 53.4 Å². The second kappa shape index (κ2) is 7.99. The molecule has 0 amide bonds. The average Bonchev–Trinajstić information content (AvgIpc) is 2.68. The molecule has 0 saturated carbocycles. The van der Waals surface area contributed by atoms with Crippen LogP contribution in [0.1, 0.15) is 5.56 Å². The van der Waals surface area contributed by atoms with Crippen LogP contribution in [0, 0.1) is 0 Å². The number of anilines is 2. The molecular weight excluding hydrogens is 424 g/mol. The second-order valence-electron chi connectivity index (χ2n) is 6.07. The maximum atomic E-state index is 6.41. The zero-order chi connectivity index (χ0) is 18.6. The van der Waals surface area contributed by atoms with Crippen LogP contribution in [0.15, 0.2) is 83.5 Å². The van der Waals surface area contributed by atoms with E-state index in [1.165, 1.54) is 0 Å². The zero-order valence-electron chi connectivity index (χ0n) is 14.3. The molecule has 1 heterocycles. The van der Waals surface area contributed by atoms with Gasteiger partial charge in [0.2, 0.25) is 0 Å². The fourth-order valence-corrected chi connectivity index (χ4v) is 3.43. The number of nitrogens with zero attached hydrogens (tertiary/aromatic N) is 1. The van der Waals surface area contributed by atoms with E-state index in [4.69, 9.17) is 16.3 Å². The first-order valence-electron chi connectivity index (χ1n) is 8.46. The van der Waals surface area contributed by atoms with E-state index in [1.54, 1.807) is 6.20 Å². The van der Waals surface area contributed by atoms with Gasteiger partial charge in [-0.3, -0.25) is 0 Å². The minimum atomic E-state index is 0.479. The predicted octanol–water partition coefficient (Wildman–Crippen LogP) is 6.97. The second-order valence-corrected chi connectivity index (χ2v) is 7.39. The van der Waals surface area contributed by atoms with Gasteiger partial charge in [0.05, 0.1) is 5.02 Å². The molecule has 0 aliphatic heterocycles. The number of hydrogen-bond donors (Lipinski definition) is 1. The van der Waals surface area contributed by atoms with Crippen molar-refractivity contribution < 1.29 is 4.74 Å². The number of fused-ring (bicyclic) bond motifs is 1. The van der Waals surface area contributed by atoms with Crippen molar-refractivity contribution in [1.82, 2.24) is 4.98 Å². The Bertz CT molecular complexity index is 1090. The standard InChI is InChI=1S/C22H16BrClN2O/c23-17-6-8-19-16(12-17)10-11-25-22(19)26-18-7-9-21(20(24)13-18)27-14-15-4-2-1-3-5-15/h1-13H,14H2,(H,25,26). The van der Waals surface area contributed by atoms with E-state index in [9.17, 15) is 0 Å². The summed E-state index contributed by atoms with van der Waals surface area (Å²) in [5.41, 5.74) is 1.96. The molecule has 0 radical (unpaired) electrons. The molecule has 134 valence electrons. The van der Waals surface area contributed by atoms with Gasteiger partial charge in [0.1, 0.15) is 18.2 Å². The van der Waals surface area contributed by atoms with Gasteiger partial charge in [-0.2, -0.15) is 0 Å². The topological polar surface area (TPSA) is 34.2 Å². The number of nitrogens with one attached hydrogen (secondary N) is 1. The number of rotatable bonds is 5. The summed E-state index contributed by atoms with van der Waals surface area (Å²) in [5.74, 6) is 1.44. The summed E-state index contributed by atoms with van der Waals surface area (Å²) in [5, 5.41) is 6.05. The van der Waals surface area contributed by atoms with Crippen LogP contribution in [-0.2, 0) is 6.61 Å². The van der Waals surface area contributed by atoms with Crippen molar-refractivity contribution in [3.05, 3.63) is 94.1 Å². The third-order valence-electron chi connectivity index (χ3n) is 4.16. The molecule has 0 aliphatic carbocycles. The summed E-state index contributed by atoms with van der Waals surface area (Å²) in [6.45, 7) is 0.479. The molecule has 0 spiro atoms. The summed E-state index contributed by atoms with van der Waals surface area (Å²) >= 11 is 9.91. The summed E-state index contributed by atoms with van der Waals surface area (Å²) in [6.07, 6.45) is 1.79. The van der Waals surface area contributed by atoms with E-state index in [-0.39, 0.29) is 0 Å². The molecule has 27 heavy (non-hydrogen) atoms. The lowest BCUT2D eigenvalue weighted by atomic mass is 10.1. The first kappa shape index (κ1) is 17.8. The van der Waals surface area contributed by atoms with Gasteiger partial charge in [0.15, 0.2) is 0 Å². The van der Waals surface area contributed by atoms with Gasteiger partial charge in [-0.25, -0.2) is 4.98 Å². The van der Waals surface area contributed by atoms with Crippen molar-refractivity contribution >= 4 is 49.8 Å². The highest BCUT2D eigenvalue weighted by Crippen LogP contribution is 2.31. The Balaban J connectivity index is 1.53. The van der Waals surface area contributed by atoms with Gasteiger partial charge >= 0.3 is 0 Å². The Morgan fingerprint density at radius 3 is 2.63 bits per heavy atom. The van der Waals surface area contributed by atoms with Crippen molar-refractivity contribution in [3.8, 4) is 5.75 Å². The summed E-state index contributed by atoms with van der Waals surface area (Å²) in [6, 6.07) is 23.7. The Hall–Kier alpha value is -2.56. The molecule has 1 N–H and O–H groups in total. The van der Waals surface area contributed by atoms with Crippen molar-refractivity contribution in [2.45, 2.75) is 6.61 Å². The van der Waals surface area contributed by atoms with E-state index in [2.05, 4.69) is 32.3 Å². The molecule has 1 aromatic heterocycles. The Labute approximate surface area is 171 Å². The van der Waals surface area contributed by atoms with Gasteiger partial charge in [-0.1, -0.05) is 57.9 Å². The minimum absolute atomic E-state index is 0.479. The van der Waals surface area contributed by atoms with Crippen LogP contribution in [0.3, 0.4) is 0 Å². The van der Waals surface area contributed by atoms with E-state index in [0.29, 0.717) is 17.4 Å². The third-order valence-corrected chi connectivity index (χ3v) is 4.95. The molecule has 4 rings (SSSR count). The van der Waals surface area contributed by atoms with Crippen LogP contribution in [-0.4, -0.2) is 4.98 Å². The van der Waals surface area contributed by atoms with E-state index in [0.717, 1.165) is 32.3 Å². The number of ether oxygens (including phenoxy) is 1. The molecule has 0 aliphatic rings. The molecule has 4 aromatic rings. The minimum Gasteiger partial charge on any atom is -0.487 e. The lowest BCUT2D eigenvalue weighted by Gasteiger charge is -2.12. The van der Waals surface area contributed by atoms with Gasteiger partial charge in [0, 0.05) is 21.7 Å². The molecular formula is C22H16BrClN2O. The number of hydrogen-bond acceptors (Lipinski definition) is 3. The molecule has 5 heteroatoms. The van der Waals surface area contributed by atoms with Crippen molar-refractivity contribution in [2.24, 2.45) is 0 Å². The Morgan fingerprint density at radius 1 is 0.963 bits per heavy atom. The summed E-state index contributed by atoms with van der Waals surface area (Å²) in [4.78, 5) is 4.46. The highest BCUT2D eigenvalue weighted by molar-refractivity contribution is 9.10. The van der Waals surface area contributed by atoms with E-state index >= 15 is 0 Å². The first-order chi connectivity index (χ1) is 13.2. The molecule has 0 saturated heterocycles. The molecule has 3 nitrogen and oxygen atoms in total. The highest BCUT2D eigenvalue weighted by atomic mass is 79.9. The maximum Gasteiger partial charge on any atom is 0.138 e. The monoisotopic (exact) mass is 438 g/mol. The van der Waals surface area contributed by atoms with Crippen LogP contribution in [0.5, 0.6) is 5.75 Å². The fraction of sp³-hybridized carbons (Fsp3) is 0.0455. The fourth-order valence-electron chi connectivity index (χ4n) is 2.82. The Kier molecular flexibility index (Phi) is 5.28. The first-order valence-corrected chi connectivity index (χ1v) is 9.64. The lowest BCUT2D eigenvalue weighted by Crippen LogP contribution is -1.97. The predicted molar refractivity (Wildman–Crippen MR) is 115 cm³/mol. The molecule has 0 unspecified atom stereocenters. The van der Waals surface area contributed by atoms with Crippen molar-refractivity contribution in [2.75, 3.05) is 5.32 Å². The third kappa shape index (κ3) is 4.24. The van der Waals surface area contributed by atoms with Gasteiger partial charge in [-0.15, -0.1) is 0 Å². The molecule has 3 aromatic carbocycles. The summed E-state index contributed by atoms with van der Waals surface area (Å²) < 4.78 is 6.87. The quantitative estimate of drug-likeness (QED) is 0.364. The van der Waals surface area contributed by atoms with Crippen molar-refractivity contribution in [1.29, 1.82) is 0 Å². The van der Waals surface area contributed by atoms with Crippen LogP contribution in [0.4, 0.5) is 11.5 Å². The number of benzene rings is 3. The zero-order valence-corrected chi connectivity index (χ0v) is 16.7. The smallest absolute Gasteiger partial charge is 0.138 e. The van der Waals surface area contributed by atoms with Crippen LogP contribution in [0.25, 0.3) is 10.8 Å². The van der Waals surface area contributed by atoms with Crippen molar-refractivity contribution in [3.63, 3.8) is 0 Å². The summed E-state index contributed by atoms with van der Waals surface area (Å²) in [7, 11) is 0. The number of aromatic nitrogens is 1. The van der Waals surface area contributed by atoms with Crippen LogP contribution >= 0.6 is 27.5 Å². The SMILES string of the molecule is Clc1cc(Nc2nccc3cc(Br)ccc23)ccc1OCc1ccccc1. The Morgan fingerprint density at radius 2 is 1.81 bits per heavy atom. The number of halogens is 2. The van der Waals surface area contributed by atoms with E-state index in [1.807, 2.05) is 66.7 Å². The number of pyridine rings is 1. The molecule has 0 bridgehead atoms. The molecule has 0 fully saturated rings. The van der Waals surface area contributed by atoms with Gasteiger partial charge in [0.25, 0.3) is 0 Å².